The highest BCUT2D eigenvalue weighted by Gasteiger charge is 2.36. The van der Waals surface area contributed by atoms with Crippen molar-refractivity contribution in [2.75, 3.05) is 20.2 Å². The molecule has 1 fully saturated rings. The molecule has 4 nitrogen and oxygen atoms in total. The lowest BCUT2D eigenvalue weighted by molar-refractivity contribution is -0.665. The summed E-state index contributed by atoms with van der Waals surface area (Å²) >= 11 is 2.20. The van der Waals surface area contributed by atoms with Gasteiger partial charge in [0.25, 0.3) is 0 Å². The van der Waals surface area contributed by atoms with Crippen molar-refractivity contribution in [3.63, 3.8) is 0 Å². The summed E-state index contributed by atoms with van der Waals surface area (Å²) in [7, 11) is 1.57. The molecule has 1 saturated heterocycles. The fourth-order valence-electron chi connectivity index (χ4n) is 2.83. The minimum Gasteiger partial charge on any atom is -0.496 e. The second-order valence-corrected chi connectivity index (χ2v) is 7.22. The summed E-state index contributed by atoms with van der Waals surface area (Å²) in [5, 5.41) is 2.32. The SMILES string of the molecule is COc1cc(I)ccc1C(=O)OC(C)(C)C1CC[NH2+]CC1. The zero-order chi connectivity index (χ0) is 15.5. The van der Waals surface area contributed by atoms with Crippen LogP contribution in [0.2, 0.25) is 0 Å². The average molecular weight is 404 g/mol. The molecule has 0 bridgehead atoms. The molecule has 0 radical (unpaired) electrons. The molecule has 0 spiro atoms. The van der Waals surface area contributed by atoms with Crippen LogP contribution in [0.3, 0.4) is 0 Å². The van der Waals surface area contributed by atoms with E-state index in [1.165, 1.54) is 0 Å². The Morgan fingerprint density at radius 1 is 1.33 bits per heavy atom. The molecule has 1 aromatic rings. The van der Waals surface area contributed by atoms with Crippen molar-refractivity contribution < 1.29 is 19.6 Å². The summed E-state index contributed by atoms with van der Waals surface area (Å²) in [4.78, 5) is 12.5. The van der Waals surface area contributed by atoms with Gasteiger partial charge in [0.1, 0.15) is 16.9 Å². The monoisotopic (exact) mass is 404 g/mol. The number of methoxy groups -OCH3 is 1. The normalized spacial score (nSPS) is 16.6. The van der Waals surface area contributed by atoms with Crippen molar-refractivity contribution in [1.29, 1.82) is 0 Å². The van der Waals surface area contributed by atoms with Crippen molar-refractivity contribution in [2.45, 2.75) is 32.3 Å². The van der Waals surface area contributed by atoms with E-state index < -0.39 is 5.60 Å². The van der Waals surface area contributed by atoms with Crippen molar-refractivity contribution in [2.24, 2.45) is 5.92 Å². The Kier molecular flexibility index (Phi) is 5.48. The van der Waals surface area contributed by atoms with E-state index in [0.717, 1.165) is 29.5 Å². The largest absolute Gasteiger partial charge is 0.496 e. The van der Waals surface area contributed by atoms with Gasteiger partial charge in [0, 0.05) is 22.3 Å². The first-order valence-corrected chi connectivity index (χ1v) is 8.40. The van der Waals surface area contributed by atoms with Crippen LogP contribution in [0.1, 0.15) is 37.0 Å². The van der Waals surface area contributed by atoms with Crippen molar-refractivity contribution in [3.05, 3.63) is 27.3 Å². The highest BCUT2D eigenvalue weighted by molar-refractivity contribution is 14.1. The zero-order valence-corrected chi connectivity index (χ0v) is 15.0. The fourth-order valence-corrected chi connectivity index (χ4v) is 3.30. The second-order valence-electron chi connectivity index (χ2n) is 5.98. The second kappa shape index (κ2) is 6.96. The number of carbonyl (C=O) groups is 1. The number of piperidine rings is 1. The van der Waals surface area contributed by atoms with Gasteiger partial charge in [0.2, 0.25) is 0 Å². The molecule has 5 heteroatoms. The third kappa shape index (κ3) is 4.10. The highest BCUT2D eigenvalue weighted by atomic mass is 127. The molecule has 0 aromatic heterocycles. The summed E-state index contributed by atoms with van der Waals surface area (Å²) in [6.07, 6.45) is 2.17. The van der Waals surface area contributed by atoms with Crippen molar-refractivity contribution in [3.8, 4) is 5.75 Å². The quantitative estimate of drug-likeness (QED) is 0.619. The number of benzene rings is 1. The predicted octanol–water partition coefficient (Wildman–Crippen LogP) is 2.21. The summed E-state index contributed by atoms with van der Waals surface area (Å²) in [6.45, 7) is 6.25. The van der Waals surface area contributed by atoms with E-state index in [-0.39, 0.29) is 5.97 Å². The van der Waals surface area contributed by atoms with E-state index >= 15 is 0 Å². The number of carbonyl (C=O) groups excluding carboxylic acids is 1. The van der Waals surface area contributed by atoms with Crippen LogP contribution in [0.15, 0.2) is 18.2 Å². The lowest BCUT2D eigenvalue weighted by atomic mass is 9.83. The Balaban J connectivity index is 2.13. The molecule has 116 valence electrons. The lowest BCUT2D eigenvalue weighted by Gasteiger charge is -2.35. The molecule has 1 aromatic carbocycles. The standard InChI is InChI=1S/C16H22INO3/c1-16(2,11-6-8-18-9-7-11)21-15(19)13-5-4-12(17)10-14(13)20-3/h4-5,10-11,18H,6-9H2,1-3H3/p+1. The van der Waals surface area contributed by atoms with Crippen LogP contribution in [0.4, 0.5) is 0 Å². The molecule has 21 heavy (non-hydrogen) atoms. The van der Waals surface area contributed by atoms with Gasteiger partial charge < -0.3 is 14.8 Å². The van der Waals surface area contributed by atoms with Crippen LogP contribution in [0.25, 0.3) is 0 Å². The van der Waals surface area contributed by atoms with Gasteiger partial charge in [-0.05, 0) is 54.6 Å². The first-order chi connectivity index (χ1) is 9.94. The summed E-state index contributed by atoms with van der Waals surface area (Å²) in [5.74, 6) is 0.684. The smallest absolute Gasteiger partial charge is 0.342 e. The summed E-state index contributed by atoms with van der Waals surface area (Å²) < 4.78 is 12.1. The molecule has 0 unspecified atom stereocenters. The third-order valence-corrected chi connectivity index (χ3v) is 4.83. The van der Waals surface area contributed by atoms with Gasteiger partial charge in [-0.25, -0.2) is 4.79 Å². The molecule has 0 aliphatic carbocycles. The Hall–Kier alpha value is -0.820. The van der Waals surface area contributed by atoms with Crippen LogP contribution in [0.5, 0.6) is 5.75 Å². The molecule has 0 saturated carbocycles. The van der Waals surface area contributed by atoms with Gasteiger partial charge in [0.15, 0.2) is 0 Å². The van der Waals surface area contributed by atoms with Crippen molar-refractivity contribution in [1.82, 2.24) is 0 Å². The van der Waals surface area contributed by atoms with Crippen LogP contribution in [0, 0.1) is 9.49 Å². The Morgan fingerprint density at radius 3 is 2.62 bits per heavy atom. The maximum Gasteiger partial charge on any atom is 0.342 e. The molecule has 1 heterocycles. The predicted molar refractivity (Wildman–Crippen MR) is 89.6 cm³/mol. The number of quaternary nitrogens is 1. The van der Waals surface area contributed by atoms with E-state index in [9.17, 15) is 4.79 Å². The van der Waals surface area contributed by atoms with Gasteiger partial charge >= 0.3 is 5.97 Å². The van der Waals surface area contributed by atoms with Gasteiger partial charge in [-0.3, -0.25) is 0 Å². The van der Waals surface area contributed by atoms with E-state index in [1.54, 1.807) is 13.2 Å². The molecular formula is C16H23INO3+. The van der Waals surface area contributed by atoms with E-state index in [1.807, 2.05) is 26.0 Å². The Morgan fingerprint density at radius 2 is 2.00 bits per heavy atom. The van der Waals surface area contributed by atoms with Crippen LogP contribution < -0.4 is 10.1 Å². The van der Waals surface area contributed by atoms with Gasteiger partial charge in [-0.1, -0.05) is 0 Å². The first kappa shape index (κ1) is 16.5. The van der Waals surface area contributed by atoms with E-state index in [0.29, 0.717) is 17.2 Å². The maximum absolute atomic E-state index is 12.5. The van der Waals surface area contributed by atoms with E-state index in [2.05, 4.69) is 27.9 Å². The average Bonchev–Trinajstić information content (AvgIpc) is 2.47. The van der Waals surface area contributed by atoms with Gasteiger partial charge in [-0.15, -0.1) is 0 Å². The Labute approximate surface area is 139 Å². The van der Waals surface area contributed by atoms with Crippen LogP contribution >= 0.6 is 22.6 Å². The molecule has 2 rings (SSSR count). The molecular weight excluding hydrogens is 381 g/mol. The number of hydrogen-bond donors (Lipinski definition) is 1. The maximum atomic E-state index is 12.5. The number of ether oxygens (including phenoxy) is 2. The number of hydrogen-bond acceptors (Lipinski definition) is 3. The summed E-state index contributed by atoms with van der Waals surface area (Å²) in [5.41, 5.74) is 0.0488. The molecule has 1 aliphatic rings. The fraction of sp³-hybridized carbons (Fsp3) is 0.562. The molecule has 2 N–H and O–H groups in total. The highest BCUT2D eigenvalue weighted by Crippen LogP contribution is 2.30. The van der Waals surface area contributed by atoms with Gasteiger partial charge in [0.05, 0.1) is 20.2 Å². The topological polar surface area (TPSA) is 52.1 Å². The van der Waals surface area contributed by atoms with Crippen molar-refractivity contribution >= 4 is 28.6 Å². The van der Waals surface area contributed by atoms with Crippen LogP contribution in [-0.2, 0) is 4.74 Å². The minimum absolute atomic E-state index is 0.303. The van der Waals surface area contributed by atoms with Crippen LogP contribution in [-0.4, -0.2) is 31.8 Å². The minimum atomic E-state index is -0.445. The molecule has 1 aliphatic heterocycles. The number of nitrogens with two attached hydrogens (primary N) is 1. The number of halogens is 1. The summed E-state index contributed by atoms with van der Waals surface area (Å²) in [6, 6.07) is 5.51. The third-order valence-electron chi connectivity index (χ3n) is 4.16. The molecule has 0 amide bonds. The first-order valence-electron chi connectivity index (χ1n) is 7.32. The Bertz CT molecular complexity index is 510. The number of esters is 1. The van der Waals surface area contributed by atoms with Gasteiger partial charge in [-0.2, -0.15) is 0 Å². The number of rotatable bonds is 4. The lowest BCUT2D eigenvalue weighted by Crippen LogP contribution is -2.86. The zero-order valence-electron chi connectivity index (χ0n) is 12.8. The van der Waals surface area contributed by atoms with E-state index in [4.69, 9.17) is 9.47 Å². The molecule has 0 atom stereocenters.